The van der Waals surface area contributed by atoms with Gasteiger partial charge in [-0.3, -0.25) is 14.0 Å². The second-order valence-corrected chi connectivity index (χ2v) is 8.24. The Morgan fingerprint density at radius 1 is 1.08 bits per heavy atom. The summed E-state index contributed by atoms with van der Waals surface area (Å²) in [5, 5.41) is 12.4. The number of rotatable bonds is 6. The van der Waals surface area contributed by atoms with E-state index >= 15 is 0 Å². The highest BCUT2D eigenvalue weighted by atomic mass is 16.5. The second-order valence-electron chi connectivity index (χ2n) is 8.24. The van der Waals surface area contributed by atoms with Crippen molar-refractivity contribution in [2.45, 2.75) is 20.8 Å². The van der Waals surface area contributed by atoms with E-state index in [1.165, 1.54) is 10.5 Å². The molecule has 2 aromatic carbocycles. The molecule has 180 valence electrons. The Balaban J connectivity index is 1.81. The molecule has 0 atom stereocenters. The van der Waals surface area contributed by atoms with Crippen molar-refractivity contribution in [3.8, 4) is 23.4 Å². The van der Waals surface area contributed by atoms with Gasteiger partial charge in [0, 0.05) is 11.9 Å². The van der Waals surface area contributed by atoms with Crippen LogP contribution in [-0.2, 0) is 4.79 Å². The number of benzene rings is 2. The Kier molecular flexibility index (Phi) is 6.84. The van der Waals surface area contributed by atoms with Crippen LogP contribution < -0.4 is 20.3 Å². The molecule has 0 radical (unpaired) electrons. The molecule has 36 heavy (non-hydrogen) atoms. The van der Waals surface area contributed by atoms with Crippen LogP contribution in [0.4, 0.5) is 5.69 Å². The molecule has 4 rings (SSSR count). The lowest BCUT2D eigenvalue weighted by molar-refractivity contribution is -0.112. The van der Waals surface area contributed by atoms with Gasteiger partial charge in [0.2, 0.25) is 5.88 Å². The van der Waals surface area contributed by atoms with Gasteiger partial charge in [-0.2, -0.15) is 10.2 Å². The van der Waals surface area contributed by atoms with Gasteiger partial charge in [-0.05, 0) is 74.4 Å². The maximum Gasteiger partial charge on any atom is 0.269 e. The molecule has 0 unspecified atom stereocenters. The highest BCUT2D eigenvalue weighted by Crippen LogP contribution is 2.28. The fourth-order valence-electron chi connectivity index (χ4n) is 3.68. The molecule has 0 fully saturated rings. The number of anilines is 1. The van der Waals surface area contributed by atoms with Crippen molar-refractivity contribution in [3.63, 3.8) is 0 Å². The fraction of sp³-hybridized carbons (Fsp3) is 0.143. The van der Waals surface area contributed by atoms with E-state index < -0.39 is 11.5 Å². The van der Waals surface area contributed by atoms with Crippen molar-refractivity contribution in [2.24, 2.45) is 0 Å². The van der Waals surface area contributed by atoms with Crippen LogP contribution in [-0.4, -0.2) is 22.4 Å². The molecule has 2 aromatic heterocycles. The summed E-state index contributed by atoms with van der Waals surface area (Å²) in [6.07, 6.45) is 2.79. The van der Waals surface area contributed by atoms with Crippen LogP contribution in [0.1, 0.15) is 22.3 Å². The zero-order valence-corrected chi connectivity index (χ0v) is 20.3. The topological polar surface area (TPSA) is 106 Å². The molecule has 1 amide bonds. The number of amides is 1. The second kappa shape index (κ2) is 10.2. The van der Waals surface area contributed by atoms with Crippen LogP contribution in [0.5, 0.6) is 17.4 Å². The minimum atomic E-state index is -0.672. The molecule has 0 saturated heterocycles. The molecular formula is C28H24N4O4. The van der Waals surface area contributed by atoms with E-state index in [9.17, 15) is 14.9 Å². The number of aromatic nitrogens is 2. The van der Waals surface area contributed by atoms with Crippen LogP contribution in [0, 0.1) is 32.1 Å². The van der Waals surface area contributed by atoms with Crippen LogP contribution >= 0.6 is 0 Å². The summed E-state index contributed by atoms with van der Waals surface area (Å²) in [6.45, 7) is 5.69. The molecule has 0 aliphatic heterocycles. The number of nitriles is 1. The van der Waals surface area contributed by atoms with E-state index in [-0.39, 0.29) is 17.0 Å². The number of ether oxygens (including phenoxy) is 2. The molecule has 8 heteroatoms. The Bertz CT molecular complexity index is 1600. The third-order valence-corrected chi connectivity index (χ3v) is 5.59. The Morgan fingerprint density at radius 3 is 2.50 bits per heavy atom. The van der Waals surface area contributed by atoms with E-state index in [4.69, 9.17) is 9.47 Å². The lowest BCUT2D eigenvalue weighted by Crippen LogP contribution is -2.20. The summed E-state index contributed by atoms with van der Waals surface area (Å²) in [5.74, 6) is 0.476. The molecule has 1 N–H and O–H groups in total. The van der Waals surface area contributed by atoms with Crippen molar-refractivity contribution < 1.29 is 14.3 Å². The summed E-state index contributed by atoms with van der Waals surface area (Å²) in [7, 11) is 1.54. The minimum Gasteiger partial charge on any atom is -0.497 e. The summed E-state index contributed by atoms with van der Waals surface area (Å²) in [4.78, 5) is 31.0. The molecule has 0 spiro atoms. The zero-order valence-electron chi connectivity index (χ0n) is 20.3. The highest BCUT2D eigenvalue weighted by molar-refractivity contribution is 6.09. The first-order chi connectivity index (χ1) is 17.3. The van der Waals surface area contributed by atoms with Crippen molar-refractivity contribution in [2.75, 3.05) is 12.4 Å². The van der Waals surface area contributed by atoms with E-state index in [1.807, 2.05) is 45.0 Å². The van der Waals surface area contributed by atoms with Gasteiger partial charge in [-0.15, -0.1) is 0 Å². The number of carbonyl (C=O) groups is 1. The monoisotopic (exact) mass is 480 g/mol. The predicted octanol–water partition coefficient (Wildman–Crippen LogP) is 4.97. The molecule has 0 aliphatic carbocycles. The molecule has 0 bridgehead atoms. The van der Waals surface area contributed by atoms with E-state index in [0.717, 1.165) is 16.7 Å². The van der Waals surface area contributed by atoms with Crippen LogP contribution in [0.25, 0.3) is 11.7 Å². The maximum absolute atomic E-state index is 13.5. The largest absolute Gasteiger partial charge is 0.497 e. The van der Waals surface area contributed by atoms with E-state index in [0.29, 0.717) is 22.8 Å². The number of hydrogen-bond acceptors (Lipinski definition) is 6. The SMILES string of the molecule is COc1ccc(NC(=O)C(C#N)=Cc2c(Oc3ccc(C)cc3C)nc3c(C)cccn3c2=O)cc1. The van der Waals surface area contributed by atoms with Gasteiger partial charge in [0.15, 0.2) is 0 Å². The van der Waals surface area contributed by atoms with Crippen molar-refractivity contribution in [1.82, 2.24) is 9.38 Å². The van der Waals surface area contributed by atoms with Gasteiger partial charge in [0.05, 0.1) is 7.11 Å². The predicted molar refractivity (Wildman–Crippen MR) is 137 cm³/mol. The average molecular weight is 481 g/mol. The first-order valence-electron chi connectivity index (χ1n) is 11.1. The minimum absolute atomic E-state index is 0.00579. The molecule has 4 aromatic rings. The van der Waals surface area contributed by atoms with Gasteiger partial charge >= 0.3 is 0 Å². The zero-order chi connectivity index (χ0) is 25.8. The smallest absolute Gasteiger partial charge is 0.269 e. The van der Waals surface area contributed by atoms with Gasteiger partial charge in [0.1, 0.15) is 34.4 Å². The van der Waals surface area contributed by atoms with Gasteiger partial charge < -0.3 is 14.8 Å². The number of nitrogens with one attached hydrogen (secondary N) is 1. The number of hydrogen-bond donors (Lipinski definition) is 1. The summed E-state index contributed by atoms with van der Waals surface area (Å²) in [6, 6.07) is 17.7. The summed E-state index contributed by atoms with van der Waals surface area (Å²) in [5.41, 5.74) is 2.82. The van der Waals surface area contributed by atoms with Crippen LogP contribution in [0.15, 0.2) is 71.2 Å². The lowest BCUT2D eigenvalue weighted by atomic mass is 10.1. The van der Waals surface area contributed by atoms with Crippen LogP contribution in [0.2, 0.25) is 0 Å². The summed E-state index contributed by atoms with van der Waals surface area (Å²) < 4.78 is 12.6. The molecule has 0 aliphatic rings. The van der Waals surface area contributed by atoms with Crippen molar-refractivity contribution >= 4 is 23.3 Å². The average Bonchev–Trinajstić information content (AvgIpc) is 2.86. The van der Waals surface area contributed by atoms with Crippen molar-refractivity contribution in [3.05, 3.63) is 99.0 Å². The normalized spacial score (nSPS) is 11.1. The lowest BCUT2D eigenvalue weighted by Gasteiger charge is -2.13. The van der Waals surface area contributed by atoms with E-state index in [1.54, 1.807) is 49.7 Å². The number of nitrogens with zero attached hydrogens (tertiary/aromatic N) is 3. The Labute approximate surface area is 208 Å². The Hall–Kier alpha value is -4.90. The van der Waals surface area contributed by atoms with Gasteiger partial charge in [-0.1, -0.05) is 23.8 Å². The third-order valence-electron chi connectivity index (χ3n) is 5.59. The maximum atomic E-state index is 13.5. The first-order valence-corrected chi connectivity index (χ1v) is 11.1. The van der Waals surface area contributed by atoms with Crippen molar-refractivity contribution in [1.29, 1.82) is 5.26 Å². The number of aryl methyl sites for hydroxylation is 3. The number of methoxy groups -OCH3 is 1. The third kappa shape index (κ3) is 4.95. The van der Waals surface area contributed by atoms with Gasteiger partial charge in [0.25, 0.3) is 11.5 Å². The molecule has 2 heterocycles. The fourth-order valence-corrected chi connectivity index (χ4v) is 3.68. The highest BCUT2D eigenvalue weighted by Gasteiger charge is 2.19. The van der Waals surface area contributed by atoms with Gasteiger partial charge in [-0.25, -0.2) is 0 Å². The standard InChI is InChI=1S/C28H24N4O4/c1-17-7-12-24(19(3)14-17)36-27-23(28(34)32-13-5-6-18(2)25(32)31-27)15-20(16-29)26(33)30-21-8-10-22(35-4)11-9-21/h5-15H,1-4H3,(H,30,33). The van der Waals surface area contributed by atoms with E-state index in [2.05, 4.69) is 10.3 Å². The molecule has 8 nitrogen and oxygen atoms in total. The molecule has 0 saturated carbocycles. The quantitative estimate of drug-likeness (QED) is 0.309. The number of carbonyl (C=O) groups excluding carboxylic acids is 1. The Morgan fingerprint density at radius 2 is 1.83 bits per heavy atom. The van der Waals surface area contributed by atoms with Crippen LogP contribution in [0.3, 0.4) is 0 Å². The first kappa shape index (κ1) is 24.2. The molecular weight excluding hydrogens is 456 g/mol. The summed E-state index contributed by atoms with van der Waals surface area (Å²) >= 11 is 0. The number of fused-ring (bicyclic) bond motifs is 1. The number of pyridine rings is 1.